The Labute approximate surface area is 227 Å². The maximum absolute atomic E-state index is 11.1. The topological polar surface area (TPSA) is 115 Å². The standard InChI is InChI=1S/C30H33NO8/c32-27(33)13-7-18-31-20-28(39-30(34)35)38-29-25(31)11-6-12-26(29)37-21-23-14-16-24(17-15-23)36-19-5-4-10-22-8-2-1-3-9-22/h1-3,6,8-9,11-12,14-17,28H,4-5,7,10,13,18-21H2,(H,32,33)(H,34,35). The van der Waals surface area contributed by atoms with Gasteiger partial charge in [-0.3, -0.25) is 4.79 Å². The number of carboxylic acid groups (broad SMARTS) is 2. The summed E-state index contributed by atoms with van der Waals surface area (Å²) in [5.74, 6) is 0.705. The second-order valence-corrected chi connectivity index (χ2v) is 9.20. The van der Waals surface area contributed by atoms with Crippen LogP contribution in [0.5, 0.6) is 17.2 Å². The van der Waals surface area contributed by atoms with Gasteiger partial charge in [-0.15, -0.1) is 0 Å². The van der Waals surface area contributed by atoms with Gasteiger partial charge in [0.2, 0.25) is 0 Å². The van der Waals surface area contributed by atoms with Crippen LogP contribution in [0.15, 0.2) is 72.8 Å². The monoisotopic (exact) mass is 535 g/mol. The summed E-state index contributed by atoms with van der Waals surface area (Å²) in [5.41, 5.74) is 2.96. The molecule has 1 aliphatic heterocycles. The van der Waals surface area contributed by atoms with E-state index in [1.807, 2.05) is 47.4 Å². The average Bonchev–Trinajstić information content (AvgIpc) is 2.92. The number of hydrogen-bond donors (Lipinski definition) is 2. The van der Waals surface area contributed by atoms with E-state index in [-0.39, 0.29) is 19.6 Å². The van der Waals surface area contributed by atoms with Crippen LogP contribution >= 0.6 is 0 Å². The quantitative estimate of drug-likeness (QED) is 0.197. The van der Waals surface area contributed by atoms with Crippen molar-refractivity contribution < 1.29 is 38.7 Å². The molecule has 1 aliphatic rings. The van der Waals surface area contributed by atoms with Crippen LogP contribution in [0.2, 0.25) is 0 Å². The van der Waals surface area contributed by atoms with Crippen molar-refractivity contribution in [2.24, 2.45) is 0 Å². The predicted octanol–water partition coefficient (Wildman–Crippen LogP) is 5.75. The molecule has 3 aromatic carbocycles. The summed E-state index contributed by atoms with van der Waals surface area (Å²) in [6, 6.07) is 23.5. The van der Waals surface area contributed by atoms with Crippen molar-refractivity contribution in [1.29, 1.82) is 0 Å². The maximum Gasteiger partial charge on any atom is 0.508 e. The molecule has 0 saturated heterocycles. The second kappa shape index (κ2) is 13.9. The number of fused-ring (bicyclic) bond motifs is 1. The Bertz CT molecular complexity index is 1220. The summed E-state index contributed by atoms with van der Waals surface area (Å²) >= 11 is 0. The lowest BCUT2D eigenvalue weighted by atomic mass is 10.1. The fourth-order valence-electron chi connectivity index (χ4n) is 4.35. The summed E-state index contributed by atoms with van der Waals surface area (Å²) in [5, 5.41) is 18.1. The van der Waals surface area contributed by atoms with Crippen molar-refractivity contribution in [2.75, 3.05) is 24.6 Å². The minimum absolute atomic E-state index is 0.000727. The van der Waals surface area contributed by atoms with Crippen molar-refractivity contribution >= 4 is 17.8 Å². The van der Waals surface area contributed by atoms with E-state index in [0.29, 0.717) is 36.8 Å². The Morgan fingerprint density at radius 2 is 1.67 bits per heavy atom. The molecule has 3 aromatic rings. The number of unbranched alkanes of at least 4 members (excludes halogenated alkanes) is 1. The molecule has 0 saturated carbocycles. The molecule has 0 spiro atoms. The third kappa shape index (κ3) is 8.56. The molecule has 0 bridgehead atoms. The zero-order valence-electron chi connectivity index (χ0n) is 21.7. The van der Waals surface area contributed by atoms with Crippen LogP contribution in [0.1, 0.15) is 36.8 Å². The SMILES string of the molecule is O=C(O)CCCN1CC(OC(=O)O)Oc2c(OCc3ccc(OCCCCc4ccccc4)cc3)cccc21. The molecule has 1 atom stereocenters. The first kappa shape index (κ1) is 27.6. The first-order valence-corrected chi connectivity index (χ1v) is 13.0. The Morgan fingerprint density at radius 3 is 2.41 bits per heavy atom. The number of rotatable bonds is 14. The van der Waals surface area contributed by atoms with Gasteiger partial charge in [-0.25, -0.2) is 4.79 Å². The lowest BCUT2D eigenvalue weighted by molar-refractivity contribution is -0.137. The molecule has 1 unspecified atom stereocenters. The Balaban J connectivity index is 1.31. The molecule has 0 amide bonds. The number of aliphatic carboxylic acids is 1. The highest BCUT2D eigenvalue weighted by atomic mass is 16.8. The highest BCUT2D eigenvalue weighted by Gasteiger charge is 2.30. The van der Waals surface area contributed by atoms with E-state index in [1.165, 1.54) is 5.56 Å². The van der Waals surface area contributed by atoms with Gasteiger partial charge in [-0.2, -0.15) is 0 Å². The minimum atomic E-state index is -1.45. The molecule has 1 heterocycles. The Morgan fingerprint density at radius 1 is 0.872 bits per heavy atom. The van der Waals surface area contributed by atoms with Crippen LogP contribution in [0.3, 0.4) is 0 Å². The van der Waals surface area contributed by atoms with Crippen LogP contribution in [-0.4, -0.2) is 48.3 Å². The fourth-order valence-corrected chi connectivity index (χ4v) is 4.35. The Kier molecular flexibility index (Phi) is 9.88. The second-order valence-electron chi connectivity index (χ2n) is 9.20. The lowest BCUT2D eigenvalue weighted by Crippen LogP contribution is -2.43. The summed E-state index contributed by atoms with van der Waals surface area (Å²) in [7, 11) is 0. The lowest BCUT2D eigenvalue weighted by Gasteiger charge is -2.35. The van der Waals surface area contributed by atoms with Crippen molar-refractivity contribution in [3.63, 3.8) is 0 Å². The first-order chi connectivity index (χ1) is 19.0. The number of carboxylic acids is 1. The highest BCUT2D eigenvalue weighted by Crippen LogP contribution is 2.42. The third-order valence-corrected chi connectivity index (χ3v) is 6.26. The fraction of sp³-hybridized carbons (Fsp3) is 0.333. The minimum Gasteiger partial charge on any atom is -0.494 e. The van der Waals surface area contributed by atoms with Crippen molar-refractivity contribution in [3.8, 4) is 17.2 Å². The van der Waals surface area contributed by atoms with Gasteiger partial charge in [0.05, 0.1) is 18.8 Å². The number of ether oxygens (including phenoxy) is 4. The van der Waals surface area contributed by atoms with Gasteiger partial charge in [0.15, 0.2) is 11.5 Å². The average molecular weight is 536 g/mol. The number of aryl methyl sites for hydroxylation is 1. The van der Waals surface area contributed by atoms with E-state index >= 15 is 0 Å². The van der Waals surface area contributed by atoms with Crippen molar-refractivity contribution in [2.45, 2.75) is 45.0 Å². The molecule has 9 heteroatoms. The van der Waals surface area contributed by atoms with E-state index in [0.717, 1.165) is 30.6 Å². The van der Waals surface area contributed by atoms with Crippen molar-refractivity contribution in [3.05, 3.63) is 83.9 Å². The third-order valence-electron chi connectivity index (χ3n) is 6.26. The van der Waals surface area contributed by atoms with Crippen LogP contribution in [-0.2, 0) is 22.6 Å². The van der Waals surface area contributed by atoms with E-state index in [4.69, 9.17) is 29.2 Å². The molecule has 9 nitrogen and oxygen atoms in total. The van der Waals surface area contributed by atoms with E-state index in [1.54, 1.807) is 6.07 Å². The van der Waals surface area contributed by atoms with Crippen molar-refractivity contribution in [1.82, 2.24) is 0 Å². The van der Waals surface area contributed by atoms with Crippen LogP contribution in [0.4, 0.5) is 10.5 Å². The molecule has 39 heavy (non-hydrogen) atoms. The zero-order valence-corrected chi connectivity index (χ0v) is 21.7. The van der Waals surface area contributed by atoms with Gasteiger partial charge in [0.1, 0.15) is 12.4 Å². The molecule has 0 fully saturated rings. The molecule has 4 rings (SSSR count). The van der Waals surface area contributed by atoms with Gasteiger partial charge in [-0.05, 0) is 61.1 Å². The number of nitrogens with zero attached hydrogens (tertiary/aromatic N) is 1. The number of hydrogen-bond acceptors (Lipinski definition) is 7. The molecular weight excluding hydrogens is 502 g/mol. The smallest absolute Gasteiger partial charge is 0.494 e. The first-order valence-electron chi connectivity index (χ1n) is 13.0. The molecule has 0 aromatic heterocycles. The van der Waals surface area contributed by atoms with Crippen LogP contribution < -0.4 is 19.1 Å². The number of carbonyl (C=O) groups is 2. The summed E-state index contributed by atoms with van der Waals surface area (Å²) in [4.78, 5) is 23.9. The predicted molar refractivity (Wildman–Crippen MR) is 145 cm³/mol. The summed E-state index contributed by atoms with van der Waals surface area (Å²) in [6.07, 6.45) is 0.950. The normalized spacial score (nSPS) is 14.2. The number of anilines is 1. The van der Waals surface area contributed by atoms with E-state index in [9.17, 15) is 9.59 Å². The van der Waals surface area contributed by atoms with Gasteiger partial charge < -0.3 is 34.1 Å². The Hall–Kier alpha value is -4.40. The summed E-state index contributed by atoms with van der Waals surface area (Å²) < 4.78 is 22.6. The van der Waals surface area contributed by atoms with Gasteiger partial charge >= 0.3 is 12.1 Å². The van der Waals surface area contributed by atoms with Crippen LogP contribution in [0.25, 0.3) is 0 Å². The molecular formula is C30H33NO8. The number of benzene rings is 3. The zero-order chi connectivity index (χ0) is 27.5. The van der Waals surface area contributed by atoms with Gasteiger partial charge in [-0.1, -0.05) is 48.5 Å². The van der Waals surface area contributed by atoms with E-state index < -0.39 is 18.4 Å². The van der Waals surface area contributed by atoms with Crippen LogP contribution in [0, 0.1) is 0 Å². The largest absolute Gasteiger partial charge is 0.508 e. The maximum atomic E-state index is 11.1. The highest BCUT2D eigenvalue weighted by molar-refractivity contribution is 5.68. The summed E-state index contributed by atoms with van der Waals surface area (Å²) in [6.45, 7) is 1.47. The molecule has 0 aliphatic carbocycles. The molecule has 2 N–H and O–H groups in total. The van der Waals surface area contributed by atoms with E-state index in [2.05, 4.69) is 24.3 Å². The number of para-hydroxylation sites is 1. The van der Waals surface area contributed by atoms with Gasteiger partial charge in [0, 0.05) is 13.0 Å². The molecule has 0 radical (unpaired) electrons. The van der Waals surface area contributed by atoms with Gasteiger partial charge in [0.25, 0.3) is 6.29 Å². The molecule has 206 valence electrons.